The SMILES string of the molecule is CC/C=C(/N)C/C=C\Cc1csc(C=O)c1. The maximum absolute atomic E-state index is 10.5. The third-order valence-electron chi connectivity index (χ3n) is 2.13. The van der Waals surface area contributed by atoms with Crippen LogP contribution in [0, 0.1) is 0 Å². The van der Waals surface area contributed by atoms with Crippen LogP contribution in [0.4, 0.5) is 0 Å². The molecule has 1 aromatic heterocycles. The molecule has 1 aromatic rings. The first-order valence-electron chi connectivity index (χ1n) is 5.38. The molecule has 1 rings (SSSR count). The summed E-state index contributed by atoms with van der Waals surface area (Å²) in [5.41, 5.74) is 7.85. The lowest BCUT2D eigenvalue weighted by molar-refractivity contribution is 0.112. The zero-order valence-electron chi connectivity index (χ0n) is 9.48. The molecule has 2 N–H and O–H groups in total. The average molecular weight is 235 g/mol. The van der Waals surface area contributed by atoms with Crippen molar-refractivity contribution in [2.24, 2.45) is 5.73 Å². The predicted octanol–water partition coefficient (Wildman–Crippen LogP) is 3.30. The number of carbonyl (C=O) groups excluding carboxylic acids is 1. The molecular formula is C13H17NOS. The Kier molecular flexibility index (Phi) is 5.57. The fraction of sp³-hybridized carbons (Fsp3) is 0.308. The molecule has 0 bridgehead atoms. The van der Waals surface area contributed by atoms with E-state index in [1.165, 1.54) is 16.9 Å². The van der Waals surface area contributed by atoms with Crippen LogP contribution in [0.15, 0.2) is 35.4 Å². The van der Waals surface area contributed by atoms with Crippen molar-refractivity contribution >= 4 is 17.6 Å². The minimum atomic E-state index is 0.786. The van der Waals surface area contributed by atoms with Gasteiger partial charge < -0.3 is 5.73 Å². The van der Waals surface area contributed by atoms with Crippen LogP contribution in [0.5, 0.6) is 0 Å². The summed E-state index contributed by atoms with van der Waals surface area (Å²) >= 11 is 1.48. The first-order chi connectivity index (χ1) is 7.76. The minimum Gasteiger partial charge on any atom is -0.402 e. The van der Waals surface area contributed by atoms with Crippen molar-refractivity contribution in [3.63, 3.8) is 0 Å². The van der Waals surface area contributed by atoms with Gasteiger partial charge in [0.05, 0.1) is 4.88 Å². The Balaban J connectivity index is 2.36. The van der Waals surface area contributed by atoms with E-state index in [1.807, 2.05) is 17.5 Å². The van der Waals surface area contributed by atoms with Crippen molar-refractivity contribution < 1.29 is 4.79 Å². The summed E-state index contributed by atoms with van der Waals surface area (Å²) in [5.74, 6) is 0. The molecule has 16 heavy (non-hydrogen) atoms. The second-order valence-electron chi connectivity index (χ2n) is 3.54. The minimum absolute atomic E-state index is 0.786. The molecule has 0 fully saturated rings. The Morgan fingerprint density at radius 2 is 2.31 bits per heavy atom. The number of rotatable bonds is 6. The van der Waals surface area contributed by atoms with Gasteiger partial charge in [0.1, 0.15) is 0 Å². The fourth-order valence-electron chi connectivity index (χ4n) is 1.35. The van der Waals surface area contributed by atoms with Crippen LogP contribution >= 0.6 is 11.3 Å². The monoisotopic (exact) mass is 235 g/mol. The summed E-state index contributed by atoms with van der Waals surface area (Å²) in [5, 5.41) is 2.01. The number of allylic oxidation sites excluding steroid dienone is 3. The molecule has 0 unspecified atom stereocenters. The standard InChI is InChI=1S/C13H17NOS/c1-2-5-12(14)7-4-3-6-11-8-13(9-15)16-10-11/h3-5,8-10H,2,6-7,14H2,1H3/b4-3-,12-5+. The van der Waals surface area contributed by atoms with Crippen molar-refractivity contribution in [1.82, 2.24) is 0 Å². The molecule has 0 saturated carbocycles. The summed E-state index contributed by atoms with van der Waals surface area (Å²) < 4.78 is 0. The van der Waals surface area contributed by atoms with Crippen molar-refractivity contribution in [1.29, 1.82) is 0 Å². The maximum atomic E-state index is 10.5. The van der Waals surface area contributed by atoms with Crippen molar-refractivity contribution in [3.8, 4) is 0 Å². The number of aldehydes is 1. The third kappa shape index (κ3) is 4.45. The van der Waals surface area contributed by atoms with Gasteiger partial charge >= 0.3 is 0 Å². The van der Waals surface area contributed by atoms with Crippen LogP contribution in [0.2, 0.25) is 0 Å². The summed E-state index contributed by atoms with van der Waals surface area (Å²) in [4.78, 5) is 11.3. The first kappa shape index (κ1) is 12.7. The molecule has 0 aliphatic carbocycles. The van der Waals surface area contributed by atoms with E-state index in [2.05, 4.69) is 19.1 Å². The van der Waals surface area contributed by atoms with Crippen molar-refractivity contribution in [2.75, 3.05) is 0 Å². The van der Waals surface area contributed by atoms with Gasteiger partial charge in [0.15, 0.2) is 6.29 Å². The first-order valence-corrected chi connectivity index (χ1v) is 6.26. The zero-order chi connectivity index (χ0) is 11.8. The third-order valence-corrected chi connectivity index (χ3v) is 3.04. The van der Waals surface area contributed by atoms with Crippen molar-refractivity contribution in [3.05, 3.63) is 45.8 Å². The van der Waals surface area contributed by atoms with E-state index in [0.717, 1.165) is 36.1 Å². The zero-order valence-corrected chi connectivity index (χ0v) is 10.3. The molecule has 86 valence electrons. The Labute approximate surface area is 100 Å². The highest BCUT2D eigenvalue weighted by atomic mass is 32.1. The van der Waals surface area contributed by atoms with Crippen LogP contribution in [0.25, 0.3) is 0 Å². The lowest BCUT2D eigenvalue weighted by atomic mass is 10.2. The molecular weight excluding hydrogens is 218 g/mol. The largest absolute Gasteiger partial charge is 0.402 e. The molecule has 0 amide bonds. The smallest absolute Gasteiger partial charge is 0.160 e. The van der Waals surface area contributed by atoms with E-state index >= 15 is 0 Å². The molecule has 0 radical (unpaired) electrons. The lowest BCUT2D eigenvalue weighted by Gasteiger charge is -1.94. The van der Waals surface area contributed by atoms with Crippen LogP contribution in [0.3, 0.4) is 0 Å². The average Bonchev–Trinajstić information content (AvgIpc) is 2.73. The molecule has 3 heteroatoms. The number of thiophene rings is 1. The van der Waals surface area contributed by atoms with Crippen molar-refractivity contribution in [2.45, 2.75) is 26.2 Å². The van der Waals surface area contributed by atoms with E-state index in [9.17, 15) is 4.79 Å². The molecule has 0 saturated heterocycles. The lowest BCUT2D eigenvalue weighted by Crippen LogP contribution is -1.94. The summed E-state index contributed by atoms with van der Waals surface area (Å²) in [6.07, 6.45) is 9.72. The van der Waals surface area contributed by atoms with Gasteiger partial charge in [-0.15, -0.1) is 11.3 Å². The van der Waals surface area contributed by atoms with Gasteiger partial charge in [-0.1, -0.05) is 25.2 Å². The number of carbonyl (C=O) groups is 1. The fourth-order valence-corrected chi connectivity index (χ4v) is 2.07. The van der Waals surface area contributed by atoms with Gasteiger partial charge in [0.25, 0.3) is 0 Å². The highest BCUT2D eigenvalue weighted by Crippen LogP contribution is 2.13. The van der Waals surface area contributed by atoms with Gasteiger partial charge in [-0.25, -0.2) is 0 Å². The van der Waals surface area contributed by atoms with Crippen LogP contribution in [0.1, 0.15) is 35.0 Å². The van der Waals surface area contributed by atoms with Gasteiger partial charge in [0, 0.05) is 12.1 Å². The van der Waals surface area contributed by atoms with E-state index in [0.29, 0.717) is 0 Å². The van der Waals surface area contributed by atoms with E-state index in [-0.39, 0.29) is 0 Å². The number of hydrogen-bond acceptors (Lipinski definition) is 3. The molecule has 0 atom stereocenters. The van der Waals surface area contributed by atoms with Gasteiger partial charge in [-0.2, -0.15) is 0 Å². The molecule has 0 aromatic carbocycles. The molecule has 1 heterocycles. The Morgan fingerprint density at radius 1 is 1.50 bits per heavy atom. The quantitative estimate of drug-likeness (QED) is 0.607. The van der Waals surface area contributed by atoms with Gasteiger partial charge in [-0.05, 0) is 29.9 Å². The topological polar surface area (TPSA) is 43.1 Å². The summed E-state index contributed by atoms with van der Waals surface area (Å²) in [6, 6.07) is 1.92. The second-order valence-corrected chi connectivity index (χ2v) is 4.48. The van der Waals surface area contributed by atoms with E-state index in [1.54, 1.807) is 0 Å². The normalized spacial score (nSPS) is 12.2. The number of nitrogens with two attached hydrogens (primary N) is 1. The molecule has 0 aliphatic rings. The Bertz CT molecular complexity index is 390. The van der Waals surface area contributed by atoms with Gasteiger partial charge in [0.2, 0.25) is 0 Å². The van der Waals surface area contributed by atoms with Crippen LogP contribution in [-0.4, -0.2) is 6.29 Å². The summed E-state index contributed by atoms with van der Waals surface area (Å²) in [7, 11) is 0. The predicted molar refractivity (Wildman–Crippen MR) is 69.7 cm³/mol. The van der Waals surface area contributed by atoms with E-state index < -0.39 is 0 Å². The van der Waals surface area contributed by atoms with Crippen LogP contribution < -0.4 is 5.73 Å². The van der Waals surface area contributed by atoms with Crippen LogP contribution in [-0.2, 0) is 6.42 Å². The highest BCUT2D eigenvalue weighted by Gasteiger charge is 1.95. The summed E-state index contributed by atoms with van der Waals surface area (Å²) in [6.45, 7) is 2.07. The Hall–Kier alpha value is -1.35. The number of hydrogen-bond donors (Lipinski definition) is 1. The Morgan fingerprint density at radius 3 is 2.94 bits per heavy atom. The molecule has 0 aliphatic heterocycles. The van der Waals surface area contributed by atoms with Gasteiger partial charge in [-0.3, -0.25) is 4.79 Å². The highest BCUT2D eigenvalue weighted by molar-refractivity contribution is 7.11. The molecule has 2 nitrogen and oxygen atoms in total. The molecule has 0 spiro atoms. The van der Waals surface area contributed by atoms with E-state index in [4.69, 9.17) is 5.73 Å². The second kappa shape index (κ2) is 7.01. The maximum Gasteiger partial charge on any atom is 0.160 e.